The lowest BCUT2D eigenvalue weighted by Crippen LogP contribution is -2.47. The molecule has 4 nitrogen and oxygen atoms in total. The maximum Gasteiger partial charge on any atom is 0.253 e. The third-order valence-corrected chi connectivity index (χ3v) is 3.52. The molecular formula is C15H21NO3. The van der Waals surface area contributed by atoms with Crippen molar-refractivity contribution in [2.24, 2.45) is 0 Å². The molecule has 1 aliphatic heterocycles. The van der Waals surface area contributed by atoms with Gasteiger partial charge in [0.2, 0.25) is 0 Å². The molecule has 0 radical (unpaired) electrons. The number of aliphatic hydroxyl groups excluding tert-OH is 1. The SMILES string of the molecule is Cc1cccc(C)c1N1CC(CCCO)OCC1=O. The number of morpholine rings is 1. The lowest BCUT2D eigenvalue weighted by Gasteiger charge is -2.34. The molecule has 1 saturated heterocycles. The minimum Gasteiger partial charge on any atom is -0.396 e. The lowest BCUT2D eigenvalue weighted by atomic mass is 10.1. The Balaban J connectivity index is 2.19. The Labute approximate surface area is 114 Å². The first-order valence-electron chi connectivity index (χ1n) is 6.72. The van der Waals surface area contributed by atoms with Gasteiger partial charge in [0.05, 0.1) is 12.6 Å². The summed E-state index contributed by atoms with van der Waals surface area (Å²) in [7, 11) is 0. The summed E-state index contributed by atoms with van der Waals surface area (Å²) in [5.74, 6) is 0.0117. The average Bonchev–Trinajstić information content (AvgIpc) is 2.39. The summed E-state index contributed by atoms with van der Waals surface area (Å²) < 4.78 is 5.52. The highest BCUT2D eigenvalue weighted by Crippen LogP contribution is 2.27. The molecule has 0 aliphatic carbocycles. The molecule has 1 unspecified atom stereocenters. The van der Waals surface area contributed by atoms with E-state index in [1.165, 1.54) is 0 Å². The first-order chi connectivity index (χ1) is 9.13. The van der Waals surface area contributed by atoms with Gasteiger partial charge in [-0.15, -0.1) is 0 Å². The van der Waals surface area contributed by atoms with E-state index in [-0.39, 0.29) is 25.2 Å². The van der Waals surface area contributed by atoms with Crippen molar-refractivity contribution < 1.29 is 14.6 Å². The van der Waals surface area contributed by atoms with Crippen molar-refractivity contribution in [3.8, 4) is 0 Å². The molecule has 1 N–H and O–H groups in total. The molecular weight excluding hydrogens is 242 g/mol. The molecule has 4 heteroatoms. The van der Waals surface area contributed by atoms with Gasteiger partial charge in [-0.1, -0.05) is 18.2 Å². The fourth-order valence-corrected chi connectivity index (χ4v) is 2.57. The number of carbonyl (C=O) groups excluding carboxylic acids is 1. The molecule has 1 aliphatic rings. The van der Waals surface area contributed by atoms with Crippen molar-refractivity contribution in [2.45, 2.75) is 32.8 Å². The van der Waals surface area contributed by atoms with Crippen molar-refractivity contribution in [3.05, 3.63) is 29.3 Å². The number of nitrogens with zero attached hydrogens (tertiary/aromatic N) is 1. The van der Waals surface area contributed by atoms with Crippen LogP contribution >= 0.6 is 0 Å². The molecule has 104 valence electrons. The van der Waals surface area contributed by atoms with E-state index in [1.807, 2.05) is 36.9 Å². The molecule has 1 fully saturated rings. The number of ether oxygens (including phenoxy) is 1. The highest BCUT2D eigenvalue weighted by Gasteiger charge is 2.28. The van der Waals surface area contributed by atoms with Crippen LogP contribution in [0.3, 0.4) is 0 Å². The van der Waals surface area contributed by atoms with Crippen LogP contribution in [0.15, 0.2) is 18.2 Å². The van der Waals surface area contributed by atoms with Crippen LogP contribution in [0.1, 0.15) is 24.0 Å². The summed E-state index contributed by atoms with van der Waals surface area (Å²) >= 11 is 0. The number of benzene rings is 1. The molecule has 1 amide bonds. The van der Waals surface area contributed by atoms with Crippen molar-refractivity contribution in [1.82, 2.24) is 0 Å². The molecule has 0 spiro atoms. The Kier molecular flexibility index (Phi) is 4.56. The first kappa shape index (κ1) is 14.0. The minimum absolute atomic E-state index is 0.0117. The van der Waals surface area contributed by atoms with Crippen LogP contribution in [0.4, 0.5) is 5.69 Å². The molecule has 1 aromatic rings. The Morgan fingerprint density at radius 3 is 2.68 bits per heavy atom. The van der Waals surface area contributed by atoms with E-state index >= 15 is 0 Å². The van der Waals surface area contributed by atoms with E-state index in [1.54, 1.807) is 0 Å². The molecule has 2 rings (SSSR count). The van der Waals surface area contributed by atoms with Gasteiger partial charge in [0.15, 0.2) is 0 Å². The predicted octanol–water partition coefficient (Wildman–Crippen LogP) is 1.81. The summed E-state index contributed by atoms with van der Waals surface area (Å²) in [4.78, 5) is 13.9. The van der Waals surface area contributed by atoms with Gasteiger partial charge in [-0.25, -0.2) is 0 Å². The maximum atomic E-state index is 12.1. The average molecular weight is 263 g/mol. The van der Waals surface area contributed by atoms with Crippen LogP contribution in [-0.2, 0) is 9.53 Å². The second-order valence-electron chi connectivity index (χ2n) is 5.04. The molecule has 0 aromatic heterocycles. The van der Waals surface area contributed by atoms with Gasteiger partial charge in [-0.2, -0.15) is 0 Å². The van der Waals surface area contributed by atoms with Gasteiger partial charge in [0, 0.05) is 12.3 Å². The van der Waals surface area contributed by atoms with Gasteiger partial charge in [-0.05, 0) is 37.8 Å². The number of para-hydroxylation sites is 1. The molecule has 19 heavy (non-hydrogen) atoms. The highest BCUT2D eigenvalue weighted by molar-refractivity contribution is 5.96. The van der Waals surface area contributed by atoms with E-state index in [0.29, 0.717) is 13.0 Å². The van der Waals surface area contributed by atoms with Crippen molar-refractivity contribution >= 4 is 11.6 Å². The summed E-state index contributed by atoms with van der Waals surface area (Å²) in [6, 6.07) is 6.05. The Hall–Kier alpha value is -1.39. The van der Waals surface area contributed by atoms with Crippen molar-refractivity contribution in [2.75, 3.05) is 24.7 Å². The van der Waals surface area contributed by atoms with Gasteiger partial charge in [0.25, 0.3) is 5.91 Å². The smallest absolute Gasteiger partial charge is 0.253 e. The standard InChI is InChI=1S/C15H21NO3/c1-11-5-3-6-12(2)15(11)16-9-13(7-4-8-17)19-10-14(16)18/h3,5-6,13,17H,4,7-10H2,1-2H3. The monoisotopic (exact) mass is 263 g/mol. The van der Waals surface area contributed by atoms with E-state index in [4.69, 9.17) is 9.84 Å². The first-order valence-corrected chi connectivity index (χ1v) is 6.72. The van der Waals surface area contributed by atoms with Crippen LogP contribution in [0, 0.1) is 13.8 Å². The normalized spacial score (nSPS) is 19.8. The number of hydrogen-bond donors (Lipinski definition) is 1. The number of amides is 1. The zero-order valence-corrected chi connectivity index (χ0v) is 11.6. The fraction of sp³-hybridized carbons (Fsp3) is 0.533. The van der Waals surface area contributed by atoms with E-state index in [0.717, 1.165) is 23.2 Å². The zero-order chi connectivity index (χ0) is 13.8. The Morgan fingerprint density at radius 1 is 1.37 bits per heavy atom. The predicted molar refractivity (Wildman–Crippen MR) is 74.3 cm³/mol. The van der Waals surface area contributed by atoms with E-state index in [2.05, 4.69) is 0 Å². The van der Waals surface area contributed by atoms with Crippen LogP contribution in [0.5, 0.6) is 0 Å². The van der Waals surface area contributed by atoms with Crippen LogP contribution in [-0.4, -0.2) is 36.9 Å². The Morgan fingerprint density at radius 2 is 2.05 bits per heavy atom. The molecule has 1 atom stereocenters. The zero-order valence-electron chi connectivity index (χ0n) is 11.6. The fourth-order valence-electron chi connectivity index (χ4n) is 2.57. The van der Waals surface area contributed by atoms with Crippen molar-refractivity contribution in [3.63, 3.8) is 0 Å². The minimum atomic E-state index is 0.0117. The molecule has 1 aromatic carbocycles. The van der Waals surface area contributed by atoms with Crippen LogP contribution < -0.4 is 4.90 Å². The second-order valence-corrected chi connectivity index (χ2v) is 5.04. The maximum absolute atomic E-state index is 12.1. The number of carbonyl (C=O) groups is 1. The van der Waals surface area contributed by atoms with Gasteiger partial charge in [-0.3, -0.25) is 4.79 Å². The molecule has 1 heterocycles. The Bertz CT molecular complexity index is 438. The van der Waals surface area contributed by atoms with E-state index < -0.39 is 0 Å². The van der Waals surface area contributed by atoms with Crippen LogP contribution in [0.25, 0.3) is 0 Å². The quantitative estimate of drug-likeness (QED) is 0.901. The van der Waals surface area contributed by atoms with Gasteiger partial charge >= 0.3 is 0 Å². The number of rotatable bonds is 4. The van der Waals surface area contributed by atoms with Gasteiger partial charge in [0.1, 0.15) is 6.61 Å². The number of hydrogen-bond acceptors (Lipinski definition) is 3. The summed E-state index contributed by atoms with van der Waals surface area (Å²) in [6.45, 7) is 4.91. The third-order valence-electron chi connectivity index (χ3n) is 3.52. The summed E-state index contributed by atoms with van der Waals surface area (Å²) in [5, 5.41) is 8.88. The highest BCUT2D eigenvalue weighted by atomic mass is 16.5. The van der Waals surface area contributed by atoms with E-state index in [9.17, 15) is 4.79 Å². The topological polar surface area (TPSA) is 49.8 Å². The summed E-state index contributed by atoms with van der Waals surface area (Å²) in [5.41, 5.74) is 3.22. The largest absolute Gasteiger partial charge is 0.396 e. The summed E-state index contributed by atoms with van der Waals surface area (Å²) in [6.07, 6.45) is 1.51. The van der Waals surface area contributed by atoms with Crippen LogP contribution in [0.2, 0.25) is 0 Å². The number of aryl methyl sites for hydroxylation is 2. The van der Waals surface area contributed by atoms with Crippen molar-refractivity contribution in [1.29, 1.82) is 0 Å². The number of aliphatic hydroxyl groups is 1. The van der Waals surface area contributed by atoms with Gasteiger partial charge < -0.3 is 14.7 Å². The molecule has 0 saturated carbocycles. The third kappa shape index (κ3) is 3.14. The second kappa shape index (κ2) is 6.17. The number of anilines is 1. The lowest BCUT2D eigenvalue weighted by molar-refractivity contribution is -0.129. The molecule has 0 bridgehead atoms.